The predicted molar refractivity (Wildman–Crippen MR) is 256 cm³/mol. The van der Waals surface area contributed by atoms with Gasteiger partial charge in [-0.05, 0) is 139 Å². The number of hydrogen-bond donors (Lipinski definition) is 3. The number of carboxylic acid groups (broad SMARTS) is 2. The van der Waals surface area contributed by atoms with Gasteiger partial charge < -0.3 is 24.4 Å². The summed E-state index contributed by atoms with van der Waals surface area (Å²) in [6.07, 6.45) is 5.10. The van der Waals surface area contributed by atoms with Crippen LogP contribution in [0.3, 0.4) is 0 Å². The molecule has 0 fully saturated rings. The highest BCUT2D eigenvalue weighted by atomic mass is 35.5. The second-order valence-electron chi connectivity index (χ2n) is 16.6. The Morgan fingerprint density at radius 3 is 1.92 bits per heavy atom. The lowest BCUT2D eigenvalue weighted by molar-refractivity contribution is 0.0686. The van der Waals surface area contributed by atoms with Gasteiger partial charge in [0.2, 0.25) is 0 Å². The molecule has 13 nitrogen and oxygen atoms in total. The number of aromatic amines is 1. The molecule has 3 N–H and O–H groups in total. The molecule has 0 bridgehead atoms. The molecule has 0 saturated heterocycles. The van der Waals surface area contributed by atoms with E-state index in [9.17, 15) is 19.8 Å². The van der Waals surface area contributed by atoms with Crippen molar-refractivity contribution in [3.8, 4) is 33.8 Å². The highest BCUT2D eigenvalue weighted by Gasteiger charge is 2.29. The number of fused-ring (bicyclic) bond motifs is 6. The molecule has 322 valence electrons. The van der Waals surface area contributed by atoms with Gasteiger partial charge in [0.1, 0.15) is 17.0 Å². The number of carboxylic acids is 2. The number of nitrogens with one attached hydrogen (secondary N) is 1. The number of furan rings is 1. The van der Waals surface area contributed by atoms with E-state index in [-0.39, 0.29) is 11.1 Å². The molecule has 2 aliphatic rings. The first-order valence-electron chi connectivity index (χ1n) is 21.4. The molecule has 0 spiro atoms. The quantitative estimate of drug-likeness (QED) is 0.138. The Kier molecular flexibility index (Phi) is 9.26. The lowest BCUT2D eigenvalue weighted by Gasteiger charge is -2.32. The summed E-state index contributed by atoms with van der Waals surface area (Å²) < 4.78 is 6.86. The summed E-state index contributed by atoms with van der Waals surface area (Å²) in [6, 6.07) is 33.4. The number of anilines is 4. The second-order valence-corrected chi connectivity index (χ2v) is 17.5. The minimum atomic E-state index is -1.05. The number of aromatic nitrogens is 6. The standard InChI is InChI=1S/C51H34Cl2N8O5/c52-34-9-14-43-28(19-34)4-2-16-61(43)49-46(56-39-12-7-31(51(64)65)22-41(39)58-49)44-23-32-20-35(53)24-36(47(32)66-44)26-8-13-42-27(17-26)3-1-15-60(42)48-45(29-5-10-37-33(18-29)25-54-59-37)55-38-11-6-30(50(62)63)21-40(38)57-48/h5-14,17-25H,1-4,15-16H2,(H,54,59)(H,62,63)(H,64,65). The smallest absolute Gasteiger partial charge is 0.335 e. The van der Waals surface area contributed by atoms with Crippen molar-refractivity contribution in [3.05, 3.63) is 148 Å². The normalized spacial score (nSPS) is 13.7. The van der Waals surface area contributed by atoms with Crippen LogP contribution in [0.5, 0.6) is 0 Å². The van der Waals surface area contributed by atoms with Gasteiger partial charge in [0, 0.05) is 56.4 Å². The highest BCUT2D eigenvalue weighted by molar-refractivity contribution is 6.32. The van der Waals surface area contributed by atoms with Gasteiger partial charge in [-0.1, -0.05) is 35.3 Å². The fourth-order valence-electron chi connectivity index (χ4n) is 9.40. The van der Waals surface area contributed by atoms with Crippen LogP contribution in [-0.2, 0) is 12.8 Å². The van der Waals surface area contributed by atoms with Crippen LogP contribution in [0.1, 0.15) is 44.7 Å². The van der Waals surface area contributed by atoms with Crippen LogP contribution in [-0.4, -0.2) is 65.4 Å². The highest BCUT2D eigenvalue weighted by Crippen LogP contribution is 2.45. The van der Waals surface area contributed by atoms with E-state index in [1.165, 1.54) is 6.07 Å². The van der Waals surface area contributed by atoms with Crippen molar-refractivity contribution in [2.75, 3.05) is 22.9 Å². The Labute approximate surface area is 384 Å². The molecule has 0 unspecified atom stereocenters. The molecule has 0 aliphatic carbocycles. The Morgan fingerprint density at radius 2 is 1.23 bits per heavy atom. The average molecular weight is 910 g/mol. The zero-order chi connectivity index (χ0) is 44.8. The van der Waals surface area contributed by atoms with Gasteiger partial charge in [0.25, 0.3) is 0 Å². The third kappa shape index (κ3) is 6.74. The zero-order valence-corrected chi connectivity index (χ0v) is 36.2. The van der Waals surface area contributed by atoms with Crippen molar-refractivity contribution < 1.29 is 24.2 Å². The van der Waals surface area contributed by atoms with E-state index in [1.807, 2.05) is 54.6 Å². The number of aromatic carboxylic acids is 2. The van der Waals surface area contributed by atoms with Crippen molar-refractivity contribution >= 4 is 102 Å². The molecule has 12 rings (SSSR count). The SMILES string of the molecule is O=C(O)c1ccc2nc(-c3ccc4[nH]ncc4c3)c(N3CCCc4cc(-c5cc(Cl)cc6cc(-c7nc8ccc(C(=O)O)cc8nc7N7CCCc8cc(Cl)ccc87)oc56)ccc43)nc2c1. The molecule has 6 heterocycles. The molecule has 0 radical (unpaired) electrons. The van der Waals surface area contributed by atoms with E-state index < -0.39 is 11.9 Å². The number of H-pyrrole nitrogens is 1. The Bertz CT molecular complexity index is 3700. The molecule has 2 aliphatic heterocycles. The number of nitrogens with zero attached hydrogens (tertiary/aromatic N) is 7. The first kappa shape index (κ1) is 39.7. The molecular formula is C51H34Cl2N8O5. The molecule has 10 aromatic rings. The van der Waals surface area contributed by atoms with Crippen LogP contribution in [0.4, 0.5) is 23.0 Å². The van der Waals surface area contributed by atoms with Crippen molar-refractivity contribution in [1.82, 2.24) is 30.1 Å². The number of halogens is 2. The number of benzene rings is 6. The summed E-state index contributed by atoms with van der Waals surface area (Å²) in [6.45, 7) is 1.31. The Morgan fingerprint density at radius 1 is 0.591 bits per heavy atom. The van der Waals surface area contributed by atoms with Gasteiger partial charge in [-0.3, -0.25) is 5.10 Å². The van der Waals surface area contributed by atoms with Crippen LogP contribution in [0, 0.1) is 0 Å². The molecule has 0 saturated carbocycles. The second kappa shape index (κ2) is 15.4. The van der Waals surface area contributed by atoms with Crippen molar-refractivity contribution in [2.24, 2.45) is 0 Å². The monoisotopic (exact) mass is 908 g/mol. The number of carbonyl (C=O) groups is 2. The van der Waals surface area contributed by atoms with Crippen molar-refractivity contribution in [3.63, 3.8) is 0 Å². The van der Waals surface area contributed by atoms with Crippen LogP contribution in [0.2, 0.25) is 10.0 Å². The maximum absolute atomic E-state index is 12.0. The third-order valence-electron chi connectivity index (χ3n) is 12.5. The van der Waals surface area contributed by atoms with Crippen molar-refractivity contribution in [1.29, 1.82) is 0 Å². The molecule has 66 heavy (non-hydrogen) atoms. The first-order chi connectivity index (χ1) is 32.1. The summed E-state index contributed by atoms with van der Waals surface area (Å²) in [5.74, 6) is -0.454. The predicted octanol–water partition coefficient (Wildman–Crippen LogP) is 12.1. The van der Waals surface area contributed by atoms with Gasteiger partial charge >= 0.3 is 11.9 Å². The van der Waals surface area contributed by atoms with Gasteiger partial charge in [-0.25, -0.2) is 29.5 Å². The molecular weight excluding hydrogens is 876 g/mol. The average Bonchev–Trinajstić information content (AvgIpc) is 3.99. The molecule has 0 atom stereocenters. The minimum Gasteiger partial charge on any atom is -0.478 e. The summed E-state index contributed by atoms with van der Waals surface area (Å²) in [5, 5.41) is 29.8. The van der Waals surface area contributed by atoms with E-state index in [4.69, 9.17) is 47.6 Å². The molecule has 6 aromatic carbocycles. The lowest BCUT2D eigenvalue weighted by Crippen LogP contribution is -2.26. The number of hydrogen-bond acceptors (Lipinski definition) is 10. The summed E-state index contributed by atoms with van der Waals surface area (Å²) in [4.78, 5) is 48.7. The molecule has 4 aromatic heterocycles. The van der Waals surface area contributed by atoms with Gasteiger partial charge in [-0.15, -0.1) is 0 Å². The van der Waals surface area contributed by atoms with E-state index in [1.54, 1.807) is 36.5 Å². The van der Waals surface area contributed by atoms with Gasteiger partial charge in [0.15, 0.2) is 17.4 Å². The molecule has 0 amide bonds. The van der Waals surface area contributed by atoms with E-state index in [0.29, 0.717) is 79.6 Å². The van der Waals surface area contributed by atoms with E-state index in [0.717, 1.165) is 81.2 Å². The first-order valence-corrected chi connectivity index (χ1v) is 22.1. The Balaban J connectivity index is 0.981. The van der Waals surface area contributed by atoms with Gasteiger partial charge in [0.05, 0.1) is 44.9 Å². The topological polar surface area (TPSA) is 174 Å². The maximum atomic E-state index is 12.0. The van der Waals surface area contributed by atoms with Gasteiger partial charge in [-0.2, -0.15) is 5.10 Å². The minimum absolute atomic E-state index is 0.115. The zero-order valence-electron chi connectivity index (χ0n) is 34.7. The Hall–Kier alpha value is -7.87. The van der Waals surface area contributed by atoms with Crippen LogP contribution in [0.15, 0.2) is 120 Å². The lowest BCUT2D eigenvalue weighted by atomic mass is 9.95. The third-order valence-corrected chi connectivity index (χ3v) is 12.9. The molecule has 15 heteroatoms. The summed E-state index contributed by atoms with van der Waals surface area (Å²) in [5.41, 5.74) is 11.6. The van der Waals surface area contributed by atoms with Crippen LogP contribution in [0.25, 0.3) is 77.8 Å². The largest absolute Gasteiger partial charge is 0.478 e. The number of rotatable bonds is 7. The van der Waals surface area contributed by atoms with Crippen LogP contribution >= 0.6 is 23.2 Å². The van der Waals surface area contributed by atoms with Crippen LogP contribution < -0.4 is 9.80 Å². The van der Waals surface area contributed by atoms with Crippen molar-refractivity contribution in [2.45, 2.75) is 25.7 Å². The fourth-order valence-corrected chi connectivity index (χ4v) is 9.82. The number of aryl methyl sites for hydroxylation is 2. The maximum Gasteiger partial charge on any atom is 0.335 e. The summed E-state index contributed by atoms with van der Waals surface area (Å²) in [7, 11) is 0. The van der Waals surface area contributed by atoms with E-state index >= 15 is 0 Å². The fraction of sp³-hybridized carbons (Fsp3) is 0.118. The summed E-state index contributed by atoms with van der Waals surface area (Å²) >= 11 is 13.3. The van der Waals surface area contributed by atoms with E-state index in [2.05, 4.69) is 38.2 Å².